The monoisotopic (exact) mass is 231 g/mol. The number of benzene rings is 1. The van der Waals surface area contributed by atoms with Crippen LogP contribution in [0.2, 0.25) is 0 Å². The predicted molar refractivity (Wildman–Crippen MR) is 69.2 cm³/mol. The van der Waals surface area contributed by atoms with Crippen LogP contribution in [0.15, 0.2) is 29.3 Å². The third-order valence-electron chi connectivity index (χ3n) is 3.24. The van der Waals surface area contributed by atoms with Crippen molar-refractivity contribution in [1.82, 2.24) is 4.90 Å². The molecule has 0 amide bonds. The summed E-state index contributed by atoms with van der Waals surface area (Å²) in [6.45, 7) is 0.994. The Morgan fingerprint density at radius 2 is 2.19 bits per heavy atom. The maximum Gasteiger partial charge on any atom is 0.122 e. The van der Waals surface area contributed by atoms with Gasteiger partial charge in [0, 0.05) is 12.1 Å². The van der Waals surface area contributed by atoms with Gasteiger partial charge in [-0.25, -0.2) is 4.99 Å². The van der Waals surface area contributed by atoms with Crippen LogP contribution in [-0.4, -0.2) is 28.3 Å². The standard InChI is InChI=1S/C12H13N3S/c13-11-10-6-3-7-15(10)12(16)8-4-1-2-5-9(8)14-11/h1-2,4-5,10H,3,6-7H2,(H2,13,14). The average molecular weight is 231 g/mol. The molecule has 2 N–H and O–H groups in total. The fraction of sp³-hybridized carbons (Fsp3) is 0.333. The van der Waals surface area contributed by atoms with Gasteiger partial charge in [-0.15, -0.1) is 0 Å². The van der Waals surface area contributed by atoms with Gasteiger partial charge in [0.25, 0.3) is 0 Å². The molecule has 3 rings (SSSR count). The van der Waals surface area contributed by atoms with Crippen molar-refractivity contribution in [2.45, 2.75) is 18.9 Å². The SMILES string of the molecule is NC1=Nc2ccccc2C(=S)N2CCCC12. The van der Waals surface area contributed by atoms with Crippen molar-refractivity contribution in [2.75, 3.05) is 6.54 Å². The van der Waals surface area contributed by atoms with E-state index in [1.807, 2.05) is 24.3 Å². The molecule has 0 bridgehead atoms. The van der Waals surface area contributed by atoms with E-state index in [2.05, 4.69) is 9.89 Å². The predicted octanol–water partition coefficient (Wildman–Crippen LogP) is 1.83. The highest BCUT2D eigenvalue weighted by Crippen LogP contribution is 2.30. The van der Waals surface area contributed by atoms with Crippen molar-refractivity contribution >= 4 is 28.7 Å². The molecule has 1 aromatic rings. The first-order chi connectivity index (χ1) is 7.77. The third kappa shape index (κ3) is 1.33. The Labute approximate surface area is 100.0 Å². The Morgan fingerprint density at radius 3 is 3.06 bits per heavy atom. The van der Waals surface area contributed by atoms with Crippen molar-refractivity contribution in [3.8, 4) is 0 Å². The zero-order valence-corrected chi connectivity index (χ0v) is 9.70. The number of aliphatic imine (C=N–C) groups is 1. The van der Waals surface area contributed by atoms with Crippen LogP contribution < -0.4 is 5.73 Å². The molecule has 1 unspecified atom stereocenters. The van der Waals surface area contributed by atoms with Gasteiger partial charge in [0.15, 0.2) is 0 Å². The second-order valence-electron chi connectivity index (χ2n) is 4.21. The lowest BCUT2D eigenvalue weighted by molar-refractivity contribution is 0.475. The van der Waals surface area contributed by atoms with Crippen molar-refractivity contribution in [1.29, 1.82) is 0 Å². The summed E-state index contributed by atoms with van der Waals surface area (Å²) in [5.74, 6) is 0.699. The lowest BCUT2D eigenvalue weighted by Crippen LogP contribution is -2.42. The maximum atomic E-state index is 6.05. The number of thiocarbonyl (C=S) groups is 1. The van der Waals surface area contributed by atoms with Crippen LogP contribution in [-0.2, 0) is 0 Å². The van der Waals surface area contributed by atoms with E-state index >= 15 is 0 Å². The highest BCUT2D eigenvalue weighted by molar-refractivity contribution is 7.80. The van der Waals surface area contributed by atoms with Crippen LogP contribution >= 0.6 is 12.2 Å². The van der Waals surface area contributed by atoms with Gasteiger partial charge in [-0.05, 0) is 25.0 Å². The number of fused-ring (bicyclic) bond motifs is 2. The van der Waals surface area contributed by atoms with Crippen LogP contribution in [0.25, 0.3) is 0 Å². The Hall–Kier alpha value is -1.42. The van der Waals surface area contributed by atoms with Crippen LogP contribution in [0.1, 0.15) is 18.4 Å². The van der Waals surface area contributed by atoms with Crippen LogP contribution in [0, 0.1) is 0 Å². The van der Waals surface area contributed by atoms with Gasteiger partial charge in [0.05, 0.1) is 11.7 Å². The third-order valence-corrected chi connectivity index (χ3v) is 3.69. The lowest BCUT2D eigenvalue weighted by atomic mass is 10.1. The van der Waals surface area contributed by atoms with E-state index < -0.39 is 0 Å². The second-order valence-corrected chi connectivity index (χ2v) is 4.60. The molecule has 1 aromatic carbocycles. The molecule has 1 saturated heterocycles. The molecule has 0 spiro atoms. The Morgan fingerprint density at radius 1 is 1.38 bits per heavy atom. The van der Waals surface area contributed by atoms with Crippen molar-refractivity contribution in [2.24, 2.45) is 10.7 Å². The van der Waals surface area contributed by atoms with Crippen molar-refractivity contribution in [3.05, 3.63) is 29.8 Å². The molecule has 0 aliphatic carbocycles. The zero-order chi connectivity index (χ0) is 11.1. The van der Waals surface area contributed by atoms with Crippen molar-refractivity contribution in [3.63, 3.8) is 0 Å². The molecule has 2 aliphatic rings. The van der Waals surface area contributed by atoms with E-state index in [1.54, 1.807) is 0 Å². The molecule has 4 heteroatoms. The number of nitrogens with zero attached hydrogens (tertiary/aromatic N) is 2. The molecule has 3 nitrogen and oxygen atoms in total. The summed E-state index contributed by atoms with van der Waals surface area (Å²) in [6.07, 6.45) is 2.20. The Balaban J connectivity index is 2.17. The summed E-state index contributed by atoms with van der Waals surface area (Å²) in [5, 5.41) is 0. The minimum atomic E-state index is 0.208. The molecule has 82 valence electrons. The summed E-state index contributed by atoms with van der Waals surface area (Å²) in [5.41, 5.74) is 7.98. The molecule has 0 aromatic heterocycles. The average Bonchev–Trinajstić information content (AvgIpc) is 2.74. The van der Waals surface area contributed by atoms with Gasteiger partial charge < -0.3 is 10.6 Å². The molecule has 2 heterocycles. The van der Waals surface area contributed by atoms with E-state index in [0.29, 0.717) is 5.84 Å². The van der Waals surface area contributed by atoms with Crippen molar-refractivity contribution < 1.29 is 0 Å². The Kier molecular flexibility index (Phi) is 2.17. The molecule has 2 aliphatic heterocycles. The smallest absolute Gasteiger partial charge is 0.122 e. The number of hydrogen-bond acceptors (Lipinski definition) is 3. The largest absolute Gasteiger partial charge is 0.385 e. The maximum absolute atomic E-state index is 6.05. The molecule has 0 radical (unpaired) electrons. The summed E-state index contributed by atoms with van der Waals surface area (Å²) >= 11 is 5.53. The molecular formula is C12H13N3S. The van der Waals surface area contributed by atoms with Crippen LogP contribution in [0.5, 0.6) is 0 Å². The number of nitrogens with two attached hydrogens (primary N) is 1. The second kappa shape index (κ2) is 3.56. The first kappa shape index (κ1) is 9.78. The van der Waals surface area contributed by atoms with Gasteiger partial charge in [0.1, 0.15) is 10.8 Å². The van der Waals surface area contributed by atoms with Gasteiger partial charge in [-0.2, -0.15) is 0 Å². The van der Waals surface area contributed by atoms with E-state index in [9.17, 15) is 0 Å². The zero-order valence-electron chi connectivity index (χ0n) is 8.89. The summed E-state index contributed by atoms with van der Waals surface area (Å²) in [7, 11) is 0. The van der Waals surface area contributed by atoms with Gasteiger partial charge >= 0.3 is 0 Å². The summed E-state index contributed by atoms with van der Waals surface area (Å²) in [4.78, 5) is 7.60. The quantitative estimate of drug-likeness (QED) is 0.693. The summed E-state index contributed by atoms with van der Waals surface area (Å²) in [6, 6.07) is 8.16. The summed E-state index contributed by atoms with van der Waals surface area (Å²) < 4.78 is 0. The van der Waals surface area contributed by atoms with E-state index in [4.69, 9.17) is 18.0 Å². The minimum absolute atomic E-state index is 0.208. The molecule has 1 atom stereocenters. The van der Waals surface area contributed by atoms with E-state index in [0.717, 1.165) is 35.6 Å². The molecule has 16 heavy (non-hydrogen) atoms. The van der Waals surface area contributed by atoms with Gasteiger partial charge in [-0.3, -0.25) is 0 Å². The number of amidine groups is 1. The lowest BCUT2D eigenvalue weighted by Gasteiger charge is -2.24. The topological polar surface area (TPSA) is 41.6 Å². The van der Waals surface area contributed by atoms with Crippen LogP contribution in [0.3, 0.4) is 0 Å². The number of para-hydroxylation sites is 1. The minimum Gasteiger partial charge on any atom is -0.385 e. The van der Waals surface area contributed by atoms with Gasteiger partial charge in [0.2, 0.25) is 0 Å². The molecule has 0 saturated carbocycles. The van der Waals surface area contributed by atoms with Crippen LogP contribution in [0.4, 0.5) is 5.69 Å². The Bertz CT molecular complexity index is 481. The van der Waals surface area contributed by atoms with E-state index in [-0.39, 0.29) is 6.04 Å². The van der Waals surface area contributed by atoms with E-state index in [1.165, 1.54) is 0 Å². The number of hydrogen-bond donors (Lipinski definition) is 1. The fourth-order valence-electron chi connectivity index (χ4n) is 2.44. The van der Waals surface area contributed by atoms with Gasteiger partial charge in [-0.1, -0.05) is 24.4 Å². The fourth-order valence-corrected chi connectivity index (χ4v) is 2.83. The number of rotatable bonds is 0. The first-order valence-corrected chi connectivity index (χ1v) is 5.92. The first-order valence-electron chi connectivity index (χ1n) is 5.51. The normalized spacial score (nSPS) is 23.5. The molecule has 1 fully saturated rings. The highest BCUT2D eigenvalue weighted by Gasteiger charge is 2.32. The molecular weight excluding hydrogens is 218 g/mol. The highest BCUT2D eigenvalue weighted by atomic mass is 32.1.